The molecule has 0 saturated carbocycles. The standard InChI is InChI=1S/C22H33NO2/c1-15-7-5-9-22(4)12-19-16(11-18(15)22)17(20(24)25-19)13-23-10-6-8-21(2,3)14-23/h7,11,16-17,19H,5-6,8-10,12-14H2,1-4H3/t16-,17+,19-,22-/m1/s1. The van der Waals surface area contributed by atoms with E-state index in [1.165, 1.54) is 30.4 Å². The van der Waals surface area contributed by atoms with Gasteiger partial charge in [0, 0.05) is 19.0 Å². The van der Waals surface area contributed by atoms with Gasteiger partial charge in [0.25, 0.3) is 0 Å². The SMILES string of the molecule is CC1=CCC[C@]2(C)C[C@H]3OC(=O)[C@@H](CN4CCCC(C)(C)C4)[C@H]3C=C12. The van der Waals surface area contributed by atoms with Gasteiger partial charge in [0.1, 0.15) is 6.10 Å². The highest BCUT2D eigenvalue weighted by molar-refractivity contribution is 5.76. The van der Waals surface area contributed by atoms with Crippen LogP contribution in [0, 0.1) is 22.7 Å². The minimum Gasteiger partial charge on any atom is -0.461 e. The van der Waals surface area contributed by atoms with Gasteiger partial charge >= 0.3 is 5.97 Å². The first-order chi connectivity index (χ1) is 11.8. The summed E-state index contributed by atoms with van der Waals surface area (Å²) in [4.78, 5) is 15.2. The van der Waals surface area contributed by atoms with Crippen molar-refractivity contribution in [3.63, 3.8) is 0 Å². The highest BCUT2D eigenvalue weighted by atomic mass is 16.6. The van der Waals surface area contributed by atoms with Crippen molar-refractivity contribution in [2.45, 2.75) is 65.9 Å². The summed E-state index contributed by atoms with van der Waals surface area (Å²) in [5.74, 6) is 0.326. The molecule has 138 valence electrons. The lowest BCUT2D eigenvalue weighted by molar-refractivity contribution is -0.145. The molecule has 4 rings (SSSR count). The van der Waals surface area contributed by atoms with Crippen LogP contribution in [0.25, 0.3) is 0 Å². The maximum Gasteiger partial charge on any atom is 0.311 e. The van der Waals surface area contributed by atoms with Crippen molar-refractivity contribution in [1.82, 2.24) is 4.90 Å². The number of hydrogen-bond donors (Lipinski definition) is 0. The Kier molecular flexibility index (Phi) is 4.14. The molecule has 0 aromatic heterocycles. The summed E-state index contributed by atoms with van der Waals surface area (Å²) in [5, 5.41) is 0. The molecule has 2 heterocycles. The predicted molar refractivity (Wildman–Crippen MR) is 100 cm³/mol. The van der Waals surface area contributed by atoms with E-state index in [1.807, 2.05) is 0 Å². The van der Waals surface area contributed by atoms with E-state index in [4.69, 9.17) is 4.74 Å². The lowest BCUT2D eigenvalue weighted by Gasteiger charge is -2.43. The van der Waals surface area contributed by atoms with Gasteiger partial charge in [-0.05, 0) is 62.0 Å². The first-order valence-corrected chi connectivity index (χ1v) is 10.1. The van der Waals surface area contributed by atoms with Crippen LogP contribution in [0.1, 0.15) is 59.8 Å². The van der Waals surface area contributed by atoms with Gasteiger partial charge in [-0.15, -0.1) is 0 Å². The Labute approximate surface area is 152 Å². The summed E-state index contributed by atoms with van der Waals surface area (Å²) < 4.78 is 5.89. The second-order valence-electron chi connectivity index (χ2n) is 9.93. The number of carbonyl (C=O) groups is 1. The molecule has 0 aromatic carbocycles. The lowest BCUT2D eigenvalue weighted by Crippen LogP contribution is -2.44. The van der Waals surface area contributed by atoms with Crippen LogP contribution in [-0.4, -0.2) is 36.6 Å². The monoisotopic (exact) mass is 343 g/mol. The van der Waals surface area contributed by atoms with Gasteiger partial charge in [0.05, 0.1) is 5.92 Å². The minimum absolute atomic E-state index is 0.0191. The van der Waals surface area contributed by atoms with E-state index in [9.17, 15) is 4.79 Å². The van der Waals surface area contributed by atoms with Gasteiger partial charge in [-0.25, -0.2) is 0 Å². The van der Waals surface area contributed by atoms with E-state index in [0.29, 0.717) is 5.41 Å². The van der Waals surface area contributed by atoms with Crippen molar-refractivity contribution < 1.29 is 9.53 Å². The van der Waals surface area contributed by atoms with E-state index in [0.717, 1.165) is 32.5 Å². The van der Waals surface area contributed by atoms with E-state index < -0.39 is 0 Å². The summed E-state index contributed by atoms with van der Waals surface area (Å²) in [6, 6.07) is 0. The quantitative estimate of drug-likeness (QED) is 0.699. The maximum absolute atomic E-state index is 12.7. The number of likely N-dealkylation sites (tertiary alicyclic amines) is 1. The van der Waals surface area contributed by atoms with E-state index in [-0.39, 0.29) is 29.3 Å². The number of carbonyl (C=O) groups excluding carboxylic acids is 1. The fourth-order valence-electron chi connectivity index (χ4n) is 5.82. The molecule has 2 saturated heterocycles. The topological polar surface area (TPSA) is 29.5 Å². The fraction of sp³-hybridized carbons (Fsp3) is 0.773. The Morgan fingerprint density at radius 2 is 2.08 bits per heavy atom. The van der Waals surface area contributed by atoms with Crippen molar-refractivity contribution in [3.05, 3.63) is 23.3 Å². The van der Waals surface area contributed by atoms with Crippen molar-refractivity contribution in [2.24, 2.45) is 22.7 Å². The van der Waals surface area contributed by atoms with Crippen LogP contribution in [0.15, 0.2) is 23.3 Å². The third-order valence-electron chi connectivity index (χ3n) is 7.13. The molecule has 2 aliphatic heterocycles. The molecule has 25 heavy (non-hydrogen) atoms. The van der Waals surface area contributed by atoms with Gasteiger partial charge in [0.15, 0.2) is 0 Å². The van der Waals surface area contributed by atoms with Crippen LogP contribution in [-0.2, 0) is 9.53 Å². The average molecular weight is 344 g/mol. The molecule has 2 aliphatic carbocycles. The number of hydrogen-bond acceptors (Lipinski definition) is 3. The molecule has 4 aliphatic rings. The van der Waals surface area contributed by atoms with E-state index in [1.54, 1.807) is 0 Å². The molecule has 2 fully saturated rings. The number of esters is 1. The van der Waals surface area contributed by atoms with Crippen molar-refractivity contribution >= 4 is 5.97 Å². The minimum atomic E-state index is 0.0191. The van der Waals surface area contributed by atoms with Gasteiger partial charge in [-0.1, -0.05) is 38.5 Å². The van der Waals surface area contributed by atoms with E-state index in [2.05, 4.69) is 44.7 Å². The van der Waals surface area contributed by atoms with Crippen LogP contribution in [0.4, 0.5) is 0 Å². The fourth-order valence-corrected chi connectivity index (χ4v) is 5.82. The number of allylic oxidation sites excluding steroid dienone is 3. The van der Waals surface area contributed by atoms with Crippen LogP contribution >= 0.6 is 0 Å². The van der Waals surface area contributed by atoms with Crippen LogP contribution in [0.3, 0.4) is 0 Å². The zero-order valence-electron chi connectivity index (χ0n) is 16.3. The lowest BCUT2D eigenvalue weighted by atomic mass is 9.62. The Morgan fingerprint density at radius 1 is 1.28 bits per heavy atom. The number of nitrogens with zero attached hydrogens (tertiary/aromatic N) is 1. The zero-order chi connectivity index (χ0) is 17.8. The summed E-state index contributed by atoms with van der Waals surface area (Å²) in [6.45, 7) is 12.4. The van der Waals surface area contributed by atoms with Crippen LogP contribution in [0.2, 0.25) is 0 Å². The Hall–Kier alpha value is -1.09. The predicted octanol–water partition coefficient (Wildman–Crippen LogP) is 4.34. The summed E-state index contributed by atoms with van der Waals surface area (Å²) in [6.07, 6.45) is 10.7. The molecular formula is C22H33NO2. The average Bonchev–Trinajstić information content (AvgIpc) is 2.79. The molecule has 0 bridgehead atoms. The largest absolute Gasteiger partial charge is 0.461 e. The smallest absolute Gasteiger partial charge is 0.311 e. The molecule has 0 unspecified atom stereocenters. The number of piperidine rings is 1. The highest BCUT2D eigenvalue weighted by Crippen LogP contribution is 2.52. The maximum atomic E-state index is 12.7. The van der Waals surface area contributed by atoms with Gasteiger partial charge in [-0.2, -0.15) is 0 Å². The Balaban J connectivity index is 1.57. The molecule has 0 aromatic rings. The van der Waals surface area contributed by atoms with Crippen LogP contribution < -0.4 is 0 Å². The molecule has 0 N–H and O–H groups in total. The summed E-state index contributed by atoms with van der Waals surface area (Å²) in [7, 11) is 0. The van der Waals surface area contributed by atoms with Crippen molar-refractivity contribution in [1.29, 1.82) is 0 Å². The first kappa shape index (κ1) is 17.3. The first-order valence-electron chi connectivity index (χ1n) is 10.1. The van der Waals surface area contributed by atoms with Crippen LogP contribution in [0.5, 0.6) is 0 Å². The normalized spacial score (nSPS) is 40.6. The van der Waals surface area contributed by atoms with Crippen molar-refractivity contribution in [2.75, 3.05) is 19.6 Å². The number of rotatable bonds is 2. The Bertz CT molecular complexity index is 632. The molecule has 3 heteroatoms. The van der Waals surface area contributed by atoms with E-state index >= 15 is 0 Å². The van der Waals surface area contributed by atoms with Gasteiger partial charge in [0.2, 0.25) is 0 Å². The van der Waals surface area contributed by atoms with Gasteiger partial charge < -0.3 is 9.64 Å². The highest BCUT2D eigenvalue weighted by Gasteiger charge is 2.51. The third-order valence-corrected chi connectivity index (χ3v) is 7.13. The number of fused-ring (bicyclic) bond motifs is 2. The Morgan fingerprint density at radius 3 is 2.84 bits per heavy atom. The third kappa shape index (κ3) is 3.09. The molecular weight excluding hydrogens is 310 g/mol. The second-order valence-corrected chi connectivity index (χ2v) is 9.93. The summed E-state index contributed by atoms with van der Waals surface area (Å²) >= 11 is 0. The molecule has 3 nitrogen and oxygen atoms in total. The zero-order valence-corrected chi connectivity index (χ0v) is 16.3. The molecule has 4 atom stereocenters. The van der Waals surface area contributed by atoms with Gasteiger partial charge in [-0.3, -0.25) is 4.79 Å². The molecule has 0 spiro atoms. The molecule has 0 radical (unpaired) electrons. The number of ether oxygens (including phenoxy) is 1. The second kappa shape index (κ2) is 5.97. The summed E-state index contributed by atoms with van der Waals surface area (Å²) in [5.41, 5.74) is 3.47. The van der Waals surface area contributed by atoms with Crippen molar-refractivity contribution in [3.8, 4) is 0 Å². The molecule has 0 amide bonds.